The van der Waals surface area contributed by atoms with Gasteiger partial charge in [0.05, 0.1) is 6.21 Å². The molecule has 0 amide bonds. The van der Waals surface area contributed by atoms with Crippen molar-refractivity contribution in [1.29, 1.82) is 0 Å². The lowest BCUT2D eigenvalue weighted by Gasteiger charge is -2.16. The molecule has 7 nitrogen and oxygen atoms in total. The molecular weight excluding hydrogens is 438 g/mol. The van der Waals surface area contributed by atoms with E-state index in [1.54, 1.807) is 0 Å². The van der Waals surface area contributed by atoms with Crippen molar-refractivity contribution in [3.63, 3.8) is 0 Å². The second-order valence-corrected chi connectivity index (χ2v) is 7.78. The summed E-state index contributed by atoms with van der Waals surface area (Å²) in [6, 6.07) is 17.8. The average molecular weight is 460 g/mol. The van der Waals surface area contributed by atoms with Gasteiger partial charge in [0.15, 0.2) is 9.43 Å². The average Bonchev–Trinajstić information content (AvgIpc) is 2.76. The van der Waals surface area contributed by atoms with Crippen LogP contribution in [0.5, 0.6) is 0 Å². The summed E-state index contributed by atoms with van der Waals surface area (Å²) in [5, 5.41) is 20.7. The summed E-state index contributed by atoms with van der Waals surface area (Å²) < 4.78 is 0.522. The summed E-state index contributed by atoms with van der Waals surface area (Å²) in [5.41, 5.74) is 7.59. The second kappa shape index (κ2) is 12.7. The zero-order valence-electron chi connectivity index (χ0n) is 16.1. The van der Waals surface area contributed by atoms with Crippen LogP contribution in [0.25, 0.3) is 0 Å². The Hall–Kier alpha value is -2.82. The standard InChI is InChI=1S/C20H21N5O2S3/c1-30-20(29)25-21-13-17(15-10-6-3-7-11-15)23-24-19(28)22-16(18(26)27)12-14-8-4-2-5-9-14/h2-11,13,16H,12H2,1H3,(H,25,29)(H,26,27)(H2,22,24,28)/b21-13+,23-17-. The zero-order chi connectivity index (χ0) is 21.8. The Kier molecular flexibility index (Phi) is 9.92. The van der Waals surface area contributed by atoms with Crippen LogP contribution in [-0.2, 0) is 11.2 Å². The number of carboxylic acid groups (broad SMARTS) is 1. The lowest BCUT2D eigenvalue weighted by atomic mass is 10.1. The minimum absolute atomic E-state index is 0.0905. The fraction of sp³-hybridized carbons (Fsp3) is 0.150. The third-order valence-electron chi connectivity index (χ3n) is 3.76. The SMILES string of the molecule is CSC(=S)N/N=C/C(=N/NC(=S)NC(Cc1ccccc1)C(=O)O)c1ccccc1. The number of hydrogen-bond acceptors (Lipinski definition) is 6. The van der Waals surface area contributed by atoms with Crippen LogP contribution in [0.1, 0.15) is 11.1 Å². The molecule has 0 heterocycles. The van der Waals surface area contributed by atoms with Crippen molar-refractivity contribution in [2.45, 2.75) is 12.5 Å². The summed E-state index contributed by atoms with van der Waals surface area (Å²) in [6.07, 6.45) is 3.63. The number of thioether (sulfide) groups is 1. The number of hydrogen-bond donors (Lipinski definition) is 4. The maximum absolute atomic E-state index is 11.6. The predicted molar refractivity (Wildman–Crippen MR) is 131 cm³/mol. The van der Waals surface area contributed by atoms with E-state index in [0.717, 1.165) is 11.1 Å². The molecule has 0 saturated heterocycles. The molecule has 2 aromatic rings. The van der Waals surface area contributed by atoms with Crippen LogP contribution in [-0.4, -0.2) is 44.7 Å². The Balaban J connectivity index is 2.07. The number of benzene rings is 2. The van der Waals surface area contributed by atoms with Crippen LogP contribution in [0.2, 0.25) is 0 Å². The molecule has 0 radical (unpaired) electrons. The van der Waals surface area contributed by atoms with Crippen LogP contribution in [0.15, 0.2) is 70.9 Å². The Morgan fingerprint density at radius 3 is 2.33 bits per heavy atom. The van der Waals surface area contributed by atoms with Gasteiger partial charge in [0.1, 0.15) is 11.8 Å². The number of nitrogens with one attached hydrogen (secondary N) is 3. The fourth-order valence-electron chi connectivity index (χ4n) is 2.32. The lowest BCUT2D eigenvalue weighted by Crippen LogP contribution is -2.46. The molecule has 0 bridgehead atoms. The summed E-state index contributed by atoms with van der Waals surface area (Å²) in [4.78, 5) is 11.6. The molecule has 10 heteroatoms. The number of hydrazone groups is 2. The maximum Gasteiger partial charge on any atom is 0.326 e. The van der Waals surface area contributed by atoms with Crippen molar-refractivity contribution >= 4 is 63.5 Å². The van der Waals surface area contributed by atoms with E-state index < -0.39 is 12.0 Å². The molecule has 0 saturated carbocycles. The van der Waals surface area contributed by atoms with Crippen molar-refractivity contribution in [1.82, 2.24) is 16.2 Å². The molecule has 0 aliphatic rings. The van der Waals surface area contributed by atoms with Crippen LogP contribution in [0, 0.1) is 0 Å². The number of rotatable bonds is 8. The van der Waals surface area contributed by atoms with Gasteiger partial charge in [0, 0.05) is 12.0 Å². The van der Waals surface area contributed by atoms with Gasteiger partial charge in [-0.3, -0.25) is 10.9 Å². The molecule has 0 fully saturated rings. The van der Waals surface area contributed by atoms with Gasteiger partial charge in [-0.25, -0.2) is 4.79 Å². The summed E-state index contributed by atoms with van der Waals surface area (Å²) in [5.74, 6) is -1.01. The first-order valence-corrected chi connectivity index (χ1v) is 10.9. The minimum Gasteiger partial charge on any atom is -0.480 e. The Bertz CT molecular complexity index is 921. The highest BCUT2D eigenvalue weighted by molar-refractivity contribution is 8.22. The molecule has 0 aromatic heterocycles. The zero-order valence-corrected chi connectivity index (χ0v) is 18.6. The van der Waals surface area contributed by atoms with Crippen LogP contribution in [0.4, 0.5) is 0 Å². The quantitative estimate of drug-likeness (QED) is 0.272. The van der Waals surface area contributed by atoms with E-state index in [1.807, 2.05) is 66.9 Å². The molecule has 1 atom stereocenters. The Labute approximate surface area is 190 Å². The smallest absolute Gasteiger partial charge is 0.326 e. The van der Waals surface area contributed by atoms with Gasteiger partial charge in [-0.05, 0) is 24.0 Å². The number of carbonyl (C=O) groups is 1. The van der Waals surface area contributed by atoms with E-state index in [1.165, 1.54) is 18.0 Å². The van der Waals surface area contributed by atoms with Gasteiger partial charge in [-0.2, -0.15) is 10.2 Å². The van der Waals surface area contributed by atoms with Crippen molar-refractivity contribution < 1.29 is 9.90 Å². The summed E-state index contributed by atoms with van der Waals surface area (Å²) >= 11 is 11.6. The largest absolute Gasteiger partial charge is 0.480 e. The van der Waals surface area contributed by atoms with E-state index in [4.69, 9.17) is 24.4 Å². The van der Waals surface area contributed by atoms with Gasteiger partial charge in [0.25, 0.3) is 0 Å². The van der Waals surface area contributed by atoms with Gasteiger partial charge in [-0.1, -0.05) is 84.6 Å². The van der Waals surface area contributed by atoms with Gasteiger partial charge in [0.2, 0.25) is 0 Å². The first-order valence-electron chi connectivity index (χ1n) is 8.83. The number of carboxylic acids is 1. The minimum atomic E-state index is -1.01. The molecule has 0 spiro atoms. The van der Waals surface area contributed by atoms with Crippen molar-refractivity contribution in [2.24, 2.45) is 10.2 Å². The van der Waals surface area contributed by atoms with E-state index in [2.05, 4.69) is 26.4 Å². The highest BCUT2D eigenvalue weighted by atomic mass is 32.2. The first kappa shape index (κ1) is 23.5. The third-order valence-corrected chi connectivity index (χ3v) is 5.02. The normalized spacial score (nSPS) is 12.2. The first-order chi connectivity index (χ1) is 14.5. The van der Waals surface area contributed by atoms with Crippen molar-refractivity contribution in [3.05, 3.63) is 71.8 Å². The van der Waals surface area contributed by atoms with Crippen molar-refractivity contribution in [2.75, 3.05) is 6.26 Å². The van der Waals surface area contributed by atoms with E-state index in [9.17, 15) is 9.90 Å². The molecule has 4 N–H and O–H groups in total. The molecular formula is C20H21N5O2S3. The molecule has 30 heavy (non-hydrogen) atoms. The molecule has 0 aliphatic carbocycles. The van der Waals surface area contributed by atoms with E-state index in [-0.39, 0.29) is 11.5 Å². The van der Waals surface area contributed by atoms with E-state index >= 15 is 0 Å². The number of thiocarbonyl (C=S) groups is 2. The van der Waals surface area contributed by atoms with Gasteiger partial charge in [-0.15, -0.1) is 0 Å². The molecule has 156 valence electrons. The topological polar surface area (TPSA) is 98.1 Å². The highest BCUT2D eigenvalue weighted by Gasteiger charge is 2.18. The van der Waals surface area contributed by atoms with Crippen molar-refractivity contribution in [3.8, 4) is 0 Å². The summed E-state index contributed by atoms with van der Waals surface area (Å²) in [6.45, 7) is 0. The third kappa shape index (κ3) is 8.27. The number of aliphatic carboxylic acids is 1. The molecule has 2 rings (SSSR count). The van der Waals surface area contributed by atoms with Gasteiger partial charge < -0.3 is 10.4 Å². The van der Waals surface area contributed by atoms with E-state index in [0.29, 0.717) is 10.0 Å². The lowest BCUT2D eigenvalue weighted by molar-refractivity contribution is -0.139. The Morgan fingerprint density at radius 1 is 1.10 bits per heavy atom. The Morgan fingerprint density at radius 2 is 1.73 bits per heavy atom. The molecule has 0 aliphatic heterocycles. The number of nitrogens with zero attached hydrogens (tertiary/aromatic N) is 2. The predicted octanol–water partition coefficient (Wildman–Crippen LogP) is 2.77. The molecule has 1 unspecified atom stereocenters. The van der Waals surface area contributed by atoms with Crippen LogP contribution in [0.3, 0.4) is 0 Å². The second-order valence-electron chi connectivity index (χ2n) is 5.89. The van der Waals surface area contributed by atoms with Gasteiger partial charge >= 0.3 is 5.97 Å². The molecule has 2 aromatic carbocycles. The van der Waals surface area contributed by atoms with Crippen LogP contribution < -0.4 is 16.2 Å². The summed E-state index contributed by atoms with van der Waals surface area (Å²) in [7, 11) is 0. The maximum atomic E-state index is 11.6. The highest BCUT2D eigenvalue weighted by Crippen LogP contribution is 2.04. The van der Waals surface area contributed by atoms with Crippen LogP contribution >= 0.6 is 36.2 Å². The monoisotopic (exact) mass is 459 g/mol. The fourth-order valence-corrected chi connectivity index (χ4v) is 2.70.